The van der Waals surface area contributed by atoms with Crippen LogP contribution in [0, 0.1) is 18.8 Å². The smallest absolute Gasteiger partial charge is 0.225 e. The first kappa shape index (κ1) is 16.4. The number of carbonyl (C=O) groups excluding carboxylic acids is 2. The number of piperidine rings is 1. The van der Waals surface area contributed by atoms with Gasteiger partial charge in [-0.25, -0.2) is 4.98 Å². The number of likely N-dealkylation sites (tertiary alicyclic amines) is 1. The predicted molar refractivity (Wildman–Crippen MR) is 90.1 cm³/mol. The fourth-order valence-corrected chi connectivity index (χ4v) is 4.01. The van der Waals surface area contributed by atoms with Crippen LogP contribution < -0.4 is 5.32 Å². The molecule has 1 N–H and O–H groups in total. The van der Waals surface area contributed by atoms with E-state index in [0.717, 1.165) is 60.8 Å². The first-order valence-corrected chi connectivity index (χ1v) is 9.41. The highest BCUT2D eigenvalue weighted by Crippen LogP contribution is 2.32. The molecule has 0 spiro atoms. The van der Waals surface area contributed by atoms with Crippen LogP contribution in [0.3, 0.4) is 0 Å². The Bertz CT molecular complexity index is 587. The van der Waals surface area contributed by atoms with Crippen molar-refractivity contribution in [1.82, 2.24) is 15.2 Å². The average Bonchev–Trinajstić information content (AvgIpc) is 3.36. The molecule has 23 heavy (non-hydrogen) atoms. The van der Waals surface area contributed by atoms with Gasteiger partial charge in [0.15, 0.2) is 0 Å². The Labute approximate surface area is 141 Å². The number of aryl methyl sites for hydroxylation is 2. The van der Waals surface area contributed by atoms with Crippen LogP contribution in [-0.4, -0.2) is 34.8 Å². The van der Waals surface area contributed by atoms with Gasteiger partial charge in [0.05, 0.1) is 17.2 Å². The van der Waals surface area contributed by atoms with E-state index < -0.39 is 0 Å². The third kappa shape index (κ3) is 3.91. The molecule has 1 saturated heterocycles. The van der Waals surface area contributed by atoms with Crippen molar-refractivity contribution in [3.63, 3.8) is 0 Å². The zero-order valence-corrected chi connectivity index (χ0v) is 14.7. The molecule has 2 aliphatic rings. The molecule has 1 aromatic rings. The molecule has 2 heterocycles. The Morgan fingerprint density at radius 1 is 1.22 bits per heavy atom. The molecule has 0 unspecified atom stereocenters. The number of amides is 2. The molecule has 126 valence electrons. The summed E-state index contributed by atoms with van der Waals surface area (Å²) < 4.78 is 0. The van der Waals surface area contributed by atoms with Crippen LogP contribution >= 0.6 is 11.3 Å². The Balaban J connectivity index is 1.45. The van der Waals surface area contributed by atoms with Crippen molar-refractivity contribution < 1.29 is 9.59 Å². The van der Waals surface area contributed by atoms with Gasteiger partial charge in [-0.1, -0.05) is 6.92 Å². The first-order valence-electron chi connectivity index (χ1n) is 8.60. The van der Waals surface area contributed by atoms with Gasteiger partial charge < -0.3 is 10.2 Å². The van der Waals surface area contributed by atoms with Crippen LogP contribution in [0.5, 0.6) is 0 Å². The van der Waals surface area contributed by atoms with E-state index >= 15 is 0 Å². The SMILES string of the molecule is CCc1nc(C)c(CNC(=O)C2CCN(C(=O)C3CC3)CC2)s1. The summed E-state index contributed by atoms with van der Waals surface area (Å²) in [6, 6.07) is 0. The maximum Gasteiger partial charge on any atom is 0.225 e. The van der Waals surface area contributed by atoms with Crippen LogP contribution in [0.2, 0.25) is 0 Å². The molecule has 1 saturated carbocycles. The van der Waals surface area contributed by atoms with E-state index in [2.05, 4.69) is 17.2 Å². The number of thiazole rings is 1. The van der Waals surface area contributed by atoms with Crippen LogP contribution in [0.25, 0.3) is 0 Å². The highest BCUT2D eigenvalue weighted by atomic mass is 32.1. The summed E-state index contributed by atoms with van der Waals surface area (Å²) in [5.41, 5.74) is 1.02. The number of aromatic nitrogens is 1. The van der Waals surface area contributed by atoms with Crippen molar-refractivity contribution in [2.24, 2.45) is 11.8 Å². The van der Waals surface area contributed by atoms with Gasteiger partial charge >= 0.3 is 0 Å². The molecule has 0 aromatic carbocycles. The second-order valence-corrected chi connectivity index (χ2v) is 7.73. The lowest BCUT2D eigenvalue weighted by atomic mass is 9.95. The van der Waals surface area contributed by atoms with Crippen LogP contribution in [-0.2, 0) is 22.6 Å². The lowest BCUT2D eigenvalue weighted by Crippen LogP contribution is -2.43. The highest BCUT2D eigenvalue weighted by Gasteiger charge is 2.35. The topological polar surface area (TPSA) is 62.3 Å². The van der Waals surface area contributed by atoms with Gasteiger partial charge in [-0.05, 0) is 39.0 Å². The average molecular weight is 335 g/mol. The third-order valence-electron chi connectivity index (χ3n) is 4.77. The summed E-state index contributed by atoms with van der Waals surface area (Å²) in [4.78, 5) is 32.0. The van der Waals surface area contributed by atoms with Crippen LogP contribution in [0.1, 0.15) is 48.2 Å². The summed E-state index contributed by atoms with van der Waals surface area (Å²) in [5.74, 6) is 0.741. The normalized spacial score (nSPS) is 19.0. The van der Waals surface area contributed by atoms with Crippen molar-refractivity contribution >= 4 is 23.2 Å². The molecule has 1 aliphatic heterocycles. The van der Waals surface area contributed by atoms with Gasteiger partial charge in [0.25, 0.3) is 0 Å². The van der Waals surface area contributed by atoms with E-state index in [9.17, 15) is 9.59 Å². The van der Waals surface area contributed by atoms with Gasteiger partial charge in [0, 0.05) is 29.8 Å². The Morgan fingerprint density at radius 3 is 2.48 bits per heavy atom. The molecular formula is C17H25N3O2S. The maximum absolute atomic E-state index is 12.4. The van der Waals surface area contributed by atoms with Crippen LogP contribution in [0.4, 0.5) is 0 Å². The minimum atomic E-state index is 0.0390. The second-order valence-electron chi connectivity index (χ2n) is 6.56. The Hall–Kier alpha value is -1.43. The van der Waals surface area contributed by atoms with Crippen molar-refractivity contribution in [2.75, 3.05) is 13.1 Å². The molecule has 3 rings (SSSR count). The van der Waals surface area contributed by atoms with Crippen molar-refractivity contribution in [1.29, 1.82) is 0 Å². The second kappa shape index (κ2) is 6.99. The van der Waals surface area contributed by atoms with E-state index in [4.69, 9.17) is 0 Å². The van der Waals surface area contributed by atoms with Gasteiger partial charge in [0.1, 0.15) is 0 Å². The zero-order chi connectivity index (χ0) is 16.4. The number of hydrogen-bond acceptors (Lipinski definition) is 4. The largest absolute Gasteiger partial charge is 0.351 e. The van der Waals surface area contributed by atoms with Gasteiger partial charge in [-0.15, -0.1) is 11.3 Å². The number of carbonyl (C=O) groups is 2. The summed E-state index contributed by atoms with van der Waals surface area (Å²) in [7, 11) is 0. The Kier molecular flexibility index (Phi) is 4.99. The van der Waals surface area contributed by atoms with Crippen molar-refractivity contribution in [3.05, 3.63) is 15.6 Å². The molecule has 0 atom stereocenters. The van der Waals surface area contributed by atoms with E-state index in [1.54, 1.807) is 11.3 Å². The zero-order valence-electron chi connectivity index (χ0n) is 13.9. The molecule has 6 heteroatoms. The molecule has 2 fully saturated rings. The van der Waals surface area contributed by atoms with Crippen molar-refractivity contribution in [2.45, 2.75) is 52.5 Å². The summed E-state index contributed by atoms with van der Waals surface area (Å²) >= 11 is 1.68. The number of rotatable bonds is 5. The monoisotopic (exact) mass is 335 g/mol. The number of nitrogens with zero attached hydrogens (tertiary/aromatic N) is 2. The molecule has 1 aromatic heterocycles. The van der Waals surface area contributed by atoms with E-state index in [1.165, 1.54) is 0 Å². The van der Waals surface area contributed by atoms with E-state index in [0.29, 0.717) is 12.5 Å². The van der Waals surface area contributed by atoms with E-state index in [-0.39, 0.29) is 17.7 Å². The lowest BCUT2D eigenvalue weighted by molar-refractivity contribution is -0.136. The van der Waals surface area contributed by atoms with Crippen molar-refractivity contribution in [3.8, 4) is 0 Å². The predicted octanol–water partition coefficient (Wildman–Crippen LogP) is 2.28. The minimum absolute atomic E-state index is 0.0390. The standard InChI is InChI=1S/C17H25N3O2S/c1-3-15-19-11(2)14(23-15)10-18-16(21)12-6-8-20(9-7-12)17(22)13-4-5-13/h12-13H,3-10H2,1-2H3,(H,18,21). The van der Waals surface area contributed by atoms with Gasteiger partial charge in [-0.3, -0.25) is 9.59 Å². The number of nitrogens with one attached hydrogen (secondary N) is 1. The molecular weight excluding hydrogens is 310 g/mol. The molecule has 5 nitrogen and oxygen atoms in total. The molecule has 0 bridgehead atoms. The maximum atomic E-state index is 12.4. The molecule has 2 amide bonds. The summed E-state index contributed by atoms with van der Waals surface area (Å²) in [6.07, 6.45) is 4.60. The quantitative estimate of drug-likeness (QED) is 0.898. The fraction of sp³-hybridized carbons (Fsp3) is 0.706. The molecule has 0 radical (unpaired) electrons. The first-order chi connectivity index (χ1) is 11.1. The minimum Gasteiger partial charge on any atom is -0.351 e. The lowest BCUT2D eigenvalue weighted by Gasteiger charge is -2.31. The van der Waals surface area contributed by atoms with Gasteiger partial charge in [-0.2, -0.15) is 0 Å². The molecule has 1 aliphatic carbocycles. The summed E-state index contributed by atoms with van der Waals surface area (Å²) in [6.45, 7) is 6.12. The van der Waals surface area contributed by atoms with Crippen LogP contribution in [0.15, 0.2) is 0 Å². The van der Waals surface area contributed by atoms with E-state index in [1.807, 2.05) is 11.8 Å². The highest BCUT2D eigenvalue weighted by molar-refractivity contribution is 7.11. The fourth-order valence-electron chi connectivity index (χ4n) is 3.07. The van der Waals surface area contributed by atoms with Gasteiger partial charge in [0.2, 0.25) is 11.8 Å². The number of hydrogen-bond donors (Lipinski definition) is 1. The third-order valence-corrected chi connectivity index (χ3v) is 6.07. The Morgan fingerprint density at radius 2 is 1.91 bits per heavy atom. The summed E-state index contributed by atoms with van der Waals surface area (Å²) in [5, 5.41) is 4.18.